The summed E-state index contributed by atoms with van der Waals surface area (Å²) >= 11 is 0. The van der Waals surface area contributed by atoms with Crippen LogP contribution in [0.4, 0.5) is 0 Å². The molecule has 0 aliphatic heterocycles. The van der Waals surface area contributed by atoms with Gasteiger partial charge in [0, 0.05) is 6.54 Å². The lowest BCUT2D eigenvalue weighted by Crippen LogP contribution is -2.40. The Labute approximate surface area is 119 Å². The predicted octanol–water partition coefficient (Wildman–Crippen LogP) is 1.65. The zero-order chi connectivity index (χ0) is 14.6. The van der Waals surface area contributed by atoms with Crippen molar-refractivity contribution in [3.8, 4) is 11.5 Å². The molecule has 1 aliphatic carbocycles. The zero-order valence-corrected chi connectivity index (χ0v) is 11.8. The lowest BCUT2D eigenvalue weighted by Gasteiger charge is -2.27. The summed E-state index contributed by atoms with van der Waals surface area (Å²) in [5.41, 5.74) is 6.10. The van der Waals surface area contributed by atoms with Crippen LogP contribution in [0.15, 0.2) is 18.2 Å². The molecule has 1 aromatic carbocycles. The lowest BCUT2D eigenvalue weighted by molar-refractivity contribution is 0.0929. The molecule has 2 rings (SSSR count). The van der Waals surface area contributed by atoms with Gasteiger partial charge in [-0.15, -0.1) is 0 Å². The molecule has 0 radical (unpaired) electrons. The number of rotatable bonds is 5. The molecule has 110 valence electrons. The summed E-state index contributed by atoms with van der Waals surface area (Å²) in [4.78, 5) is 12.2. The first kappa shape index (κ1) is 14.7. The van der Waals surface area contributed by atoms with Crippen LogP contribution in [0, 0.1) is 5.41 Å². The van der Waals surface area contributed by atoms with Gasteiger partial charge >= 0.3 is 0 Å². The molecule has 0 unspecified atom stereocenters. The second-order valence-electron chi connectivity index (χ2n) is 5.45. The summed E-state index contributed by atoms with van der Waals surface area (Å²) in [5, 5.41) is 12.9. The van der Waals surface area contributed by atoms with E-state index in [1.54, 1.807) is 18.2 Å². The Morgan fingerprint density at radius 3 is 2.75 bits per heavy atom. The molecular formula is C15H22N2O3. The number of methoxy groups -OCH3 is 1. The molecule has 5 nitrogen and oxygen atoms in total. The summed E-state index contributed by atoms with van der Waals surface area (Å²) in [6.45, 7) is 1.14. The number of aromatic hydroxyl groups is 1. The average Bonchev–Trinajstić information content (AvgIpc) is 2.94. The molecule has 0 aromatic heterocycles. The van der Waals surface area contributed by atoms with E-state index in [-0.39, 0.29) is 22.6 Å². The van der Waals surface area contributed by atoms with Crippen molar-refractivity contribution in [3.63, 3.8) is 0 Å². The molecule has 0 saturated heterocycles. The molecule has 1 amide bonds. The second kappa shape index (κ2) is 6.13. The van der Waals surface area contributed by atoms with Gasteiger partial charge in [-0.25, -0.2) is 0 Å². The Balaban J connectivity index is 2.05. The fraction of sp³-hybridized carbons (Fsp3) is 0.533. The fourth-order valence-corrected chi connectivity index (χ4v) is 2.81. The zero-order valence-electron chi connectivity index (χ0n) is 11.8. The van der Waals surface area contributed by atoms with Gasteiger partial charge in [-0.1, -0.05) is 18.9 Å². The number of carbonyl (C=O) groups is 1. The van der Waals surface area contributed by atoms with Gasteiger partial charge in [-0.2, -0.15) is 0 Å². The summed E-state index contributed by atoms with van der Waals surface area (Å²) in [7, 11) is 1.46. The van der Waals surface area contributed by atoms with Crippen LogP contribution in [0.2, 0.25) is 0 Å². The number of nitrogens with two attached hydrogens (primary N) is 1. The van der Waals surface area contributed by atoms with Crippen molar-refractivity contribution < 1.29 is 14.6 Å². The van der Waals surface area contributed by atoms with Gasteiger partial charge in [0.15, 0.2) is 11.5 Å². The third-order valence-electron chi connectivity index (χ3n) is 4.18. The number of hydrogen-bond donors (Lipinski definition) is 3. The van der Waals surface area contributed by atoms with Crippen LogP contribution in [-0.2, 0) is 0 Å². The third kappa shape index (κ3) is 2.88. The van der Waals surface area contributed by atoms with E-state index in [0.717, 1.165) is 25.7 Å². The van der Waals surface area contributed by atoms with Gasteiger partial charge in [0.1, 0.15) is 0 Å². The standard InChI is InChI=1S/C15H22N2O3/c1-20-12-6-4-5-11(13(12)18)14(19)17-10-15(9-16)7-2-3-8-15/h4-6,18H,2-3,7-10,16H2,1H3,(H,17,19). The first-order valence-electron chi connectivity index (χ1n) is 6.96. The van der Waals surface area contributed by atoms with Crippen LogP contribution in [0.25, 0.3) is 0 Å². The highest BCUT2D eigenvalue weighted by Gasteiger charge is 2.33. The Hall–Kier alpha value is -1.75. The second-order valence-corrected chi connectivity index (χ2v) is 5.45. The van der Waals surface area contributed by atoms with Crippen LogP contribution in [-0.4, -0.2) is 31.2 Å². The normalized spacial score (nSPS) is 16.9. The van der Waals surface area contributed by atoms with Crippen LogP contribution < -0.4 is 15.8 Å². The Kier molecular flexibility index (Phi) is 4.49. The minimum atomic E-state index is -0.291. The number of benzene rings is 1. The highest BCUT2D eigenvalue weighted by molar-refractivity contribution is 5.97. The van der Waals surface area contributed by atoms with Crippen molar-refractivity contribution in [1.29, 1.82) is 0 Å². The van der Waals surface area contributed by atoms with Gasteiger partial charge in [0.2, 0.25) is 0 Å². The molecule has 20 heavy (non-hydrogen) atoms. The van der Waals surface area contributed by atoms with E-state index < -0.39 is 0 Å². The molecule has 1 saturated carbocycles. The van der Waals surface area contributed by atoms with Crippen molar-refractivity contribution in [3.05, 3.63) is 23.8 Å². The summed E-state index contributed by atoms with van der Waals surface area (Å²) in [5.74, 6) is -0.117. The van der Waals surface area contributed by atoms with Gasteiger partial charge in [0.25, 0.3) is 5.91 Å². The van der Waals surface area contributed by atoms with Crippen LogP contribution in [0.5, 0.6) is 11.5 Å². The Morgan fingerprint density at radius 2 is 2.15 bits per heavy atom. The Morgan fingerprint density at radius 1 is 1.45 bits per heavy atom. The smallest absolute Gasteiger partial charge is 0.255 e. The molecule has 5 heteroatoms. The summed E-state index contributed by atoms with van der Waals surface area (Å²) < 4.78 is 5.00. The van der Waals surface area contributed by atoms with Crippen molar-refractivity contribution >= 4 is 5.91 Å². The fourth-order valence-electron chi connectivity index (χ4n) is 2.81. The van der Waals surface area contributed by atoms with Crippen LogP contribution in [0.3, 0.4) is 0 Å². The number of hydrogen-bond acceptors (Lipinski definition) is 4. The van der Waals surface area contributed by atoms with Crippen LogP contribution in [0.1, 0.15) is 36.0 Å². The lowest BCUT2D eigenvalue weighted by atomic mass is 9.86. The van der Waals surface area contributed by atoms with Gasteiger partial charge in [-0.3, -0.25) is 4.79 Å². The monoisotopic (exact) mass is 278 g/mol. The maximum atomic E-state index is 12.2. The molecule has 1 aliphatic rings. The molecule has 1 fully saturated rings. The van der Waals surface area contributed by atoms with Gasteiger partial charge < -0.3 is 20.9 Å². The number of phenolic OH excluding ortho intramolecular Hbond substituents is 1. The maximum Gasteiger partial charge on any atom is 0.255 e. The number of para-hydroxylation sites is 1. The van der Waals surface area contributed by atoms with Crippen LogP contribution >= 0.6 is 0 Å². The summed E-state index contributed by atoms with van der Waals surface area (Å²) in [6, 6.07) is 4.88. The molecule has 0 spiro atoms. The van der Waals surface area contributed by atoms with E-state index in [4.69, 9.17) is 10.5 Å². The van der Waals surface area contributed by atoms with Gasteiger partial charge in [0.05, 0.1) is 12.7 Å². The van der Waals surface area contributed by atoms with Crippen molar-refractivity contribution in [1.82, 2.24) is 5.32 Å². The van der Waals surface area contributed by atoms with E-state index in [2.05, 4.69) is 5.32 Å². The Bertz CT molecular complexity index is 482. The number of phenols is 1. The quantitative estimate of drug-likeness (QED) is 0.764. The SMILES string of the molecule is COc1cccc(C(=O)NCC2(CN)CCCC2)c1O. The first-order chi connectivity index (χ1) is 9.62. The minimum absolute atomic E-state index is 0.0180. The molecular weight excluding hydrogens is 256 g/mol. The number of amides is 1. The van der Waals surface area contributed by atoms with E-state index in [1.165, 1.54) is 7.11 Å². The first-order valence-corrected chi connectivity index (χ1v) is 6.96. The van der Waals surface area contributed by atoms with E-state index in [9.17, 15) is 9.90 Å². The molecule has 1 aromatic rings. The number of carbonyl (C=O) groups excluding carboxylic acids is 1. The van der Waals surface area contributed by atoms with E-state index in [0.29, 0.717) is 18.8 Å². The third-order valence-corrected chi connectivity index (χ3v) is 4.18. The maximum absolute atomic E-state index is 12.2. The van der Waals surface area contributed by atoms with E-state index >= 15 is 0 Å². The molecule has 0 atom stereocenters. The van der Waals surface area contributed by atoms with Crippen molar-refractivity contribution in [2.45, 2.75) is 25.7 Å². The van der Waals surface area contributed by atoms with Crippen molar-refractivity contribution in [2.24, 2.45) is 11.1 Å². The number of nitrogens with one attached hydrogen (secondary N) is 1. The highest BCUT2D eigenvalue weighted by Crippen LogP contribution is 2.36. The van der Waals surface area contributed by atoms with E-state index in [1.807, 2.05) is 0 Å². The average molecular weight is 278 g/mol. The topological polar surface area (TPSA) is 84.6 Å². The van der Waals surface area contributed by atoms with Crippen molar-refractivity contribution in [2.75, 3.05) is 20.2 Å². The highest BCUT2D eigenvalue weighted by atomic mass is 16.5. The molecule has 0 heterocycles. The van der Waals surface area contributed by atoms with Gasteiger partial charge in [-0.05, 0) is 36.9 Å². The largest absolute Gasteiger partial charge is 0.504 e. The minimum Gasteiger partial charge on any atom is -0.504 e. The molecule has 4 N–H and O–H groups in total. The number of ether oxygens (including phenoxy) is 1. The summed E-state index contributed by atoms with van der Waals surface area (Å²) in [6.07, 6.45) is 4.43. The predicted molar refractivity (Wildman–Crippen MR) is 76.9 cm³/mol. The molecule has 0 bridgehead atoms.